The molecule has 0 amide bonds. The summed E-state index contributed by atoms with van der Waals surface area (Å²) in [5.74, 6) is -1.13. The lowest BCUT2D eigenvalue weighted by Gasteiger charge is -2.53. The van der Waals surface area contributed by atoms with Crippen LogP contribution in [0.5, 0.6) is 0 Å². The minimum Gasteiger partial charge on any atom is -0.456 e. The van der Waals surface area contributed by atoms with Crippen LogP contribution in [0.15, 0.2) is 65.6 Å². The standard InChI is InChI=1S/C23H26O7S/c1-22(15-31(26,27)18-11-7-4-8-12-18)17-13-19(23(2,25)20(14-17)29-30-22)28-21(24)16-9-5-3-6-10-16/h3-12,17,19-20,25H,13-15H2,1-2H3/t17?,19?,20?,22-,23?/m1/s1. The molecule has 8 heteroatoms. The highest BCUT2D eigenvalue weighted by Crippen LogP contribution is 2.47. The molecular weight excluding hydrogens is 420 g/mol. The number of esters is 1. The summed E-state index contributed by atoms with van der Waals surface area (Å²) < 4.78 is 31.6. The van der Waals surface area contributed by atoms with Gasteiger partial charge in [0, 0.05) is 0 Å². The van der Waals surface area contributed by atoms with E-state index >= 15 is 0 Å². The summed E-state index contributed by atoms with van der Waals surface area (Å²) in [4.78, 5) is 23.9. The molecule has 2 aromatic rings. The van der Waals surface area contributed by atoms with Crippen molar-refractivity contribution >= 4 is 15.8 Å². The second-order valence-electron chi connectivity index (χ2n) is 8.71. The van der Waals surface area contributed by atoms with Crippen molar-refractivity contribution in [3.05, 3.63) is 66.2 Å². The number of carbonyl (C=O) groups excluding carboxylic acids is 1. The fourth-order valence-electron chi connectivity index (χ4n) is 4.34. The van der Waals surface area contributed by atoms with Gasteiger partial charge in [0.05, 0.1) is 16.2 Å². The van der Waals surface area contributed by atoms with Crippen LogP contribution in [0.25, 0.3) is 0 Å². The zero-order chi connectivity index (χ0) is 22.3. The number of carbonyl (C=O) groups is 1. The molecule has 166 valence electrons. The second kappa shape index (κ2) is 8.02. The van der Waals surface area contributed by atoms with E-state index in [9.17, 15) is 18.3 Å². The Kier molecular flexibility index (Phi) is 5.68. The largest absolute Gasteiger partial charge is 0.456 e. The van der Waals surface area contributed by atoms with Gasteiger partial charge in [0.1, 0.15) is 23.4 Å². The van der Waals surface area contributed by atoms with Crippen LogP contribution in [0.2, 0.25) is 0 Å². The van der Waals surface area contributed by atoms with Gasteiger partial charge in [0.25, 0.3) is 0 Å². The first kappa shape index (κ1) is 22.0. The van der Waals surface area contributed by atoms with Gasteiger partial charge in [-0.05, 0) is 56.9 Å². The number of benzene rings is 2. The number of hydrogen-bond donors (Lipinski definition) is 1. The lowest BCUT2D eigenvalue weighted by atomic mass is 9.69. The Morgan fingerprint density at radius 3 is 2.32 bits per heavy atom. The molecule has 1 saturated heterocycles. The number of sulfone groups is 1. The van der Waals surface area contributed by atoms with Gasteiger partial charge in [0.2, 0.25) is 0 Å². The summed E-state index contributed by atoms with van der Waals surface area (Å²) in [7, 11) is -3.64. The molecule has 2 aromatic carbocycles. The molecule has 1 N–H and O–H groups in total. The number of ether oxygens (including phenoxy) is 1. The zero-order valence-corrected chi connectivity index (χ0v) is 18.2. The Morgan fingerprint density at radius 2 is 1.68 bits per heavy atom. The van der Waals surface area contributed by atoms with Crippen LogP contribution in [0.4, 0.5) is 0 Å². The maximum absolute atomic E-state index is 13.0. The maximum Gasteiger partial charge on any atom is 0.338 e. The van der Waals surface area contributed by atoms with Crippen molar-refractivity contribution in [1.82, 2.24) is 0 Å². The summed E-state index contributed by atoms with van der Waals surface area (Å²) in [5, 5.41) is 11.0. The van der Waals surface area contributed by atoms with Gasteiger partial charge in [-0.25, -0.2) is 23.0 Å². The van der Waals surface area contributed by atoms with E-state index in [2.05, 4.69) is 0 Å². The molecular formula is C23H26O7S. The fourth-order valence-corrected chi connectivity index (χ4v) is 6.12. The third kappa shape index (κ3) is 4.25. The van der Waals surface area contributed by atoms with Gasteiger partial charge in [0.15, 0.2) is 9.84 Å². The Morgan fingerprint density at radius 1 is 1.06 bits per heavy atom. The molecule has 4 rings (SSSR count). The topological polar surface area (TPSA) is 99.1 Å². The molecule has 5 atom stereocenters. The molecule has 1 aliphatic heterocycles. The lowest BCUT2D eigenvalue weighted by Crippen LogP contribution is -2.64. The number of fused-ring (bicyclic) bond motifs is 2. The number of aliphatic hydroxyl groups is 1. The highest BCUT2D eigenvalue weighted by molar-refractivity contribution is 7.91. The second-order valence-corrected chi connectivity index (χ2v) is 10.7. The summed E-state index contributed by atoms with van der Waals surface area (Å²) in [6.07, 6.45) is -0.960. The molecule has 31 heavy (non-hydrogen) atoms. The van der Waals surface area contributed by atoms with Crippen LogP contribution < -0.4 is 0 Å². The van der Waals surface area contributed by atoms with Gasteiger partial charge in [-0.2, -0.15) is 0 Å². The van der Waals surface area contributed by atoms with Crippen molar-refractivity contribution in [2.24, 2.45) is 5.92 Å². The molecule has 4 unspecified atom stereocenters. The van der Waals surface area contributed by atoms with E-state index < -0.39 is 39.2 Å². The van der Waals surface area contributed by atoms with Crippen LogP contribution in [-0.4, -0.2) is 48.7 Å². The maximum atomic E-state index is 13.0. The quantitative estimate of drug-likeness (QED) is 0.557. The summed E-state index contributed by atoms with van der Waals surface area (Å²) >= 11 is 0. The first-order chi connectivity index (χ1) is 14.6. The van der Waals surface area contributed by atoms with Crippen molar-refractivity contribution < 1.29 is 32.8 Å². The van der Waals surface area contributed by atoms with Crippen molar-refractivity contribution in [1.29, 1.82) is 0 Å². The Hall–Kier alpha value is -2.26. The third-order valence-corrected chi connectivity index (χ3v) is 8.30. The van der Waals surface area contributed by atoms with Crippen molar-refractivity contribution in [2.45, 2.75) is 55.0 Å². The fraction of sp³-hybridized carbons (Fsp3) is 0.435. The van der Waals surface area contributed by atoms with Crippen molar-refractivity contribution in [3.63, 3.8) is 0 Å². The van der Waals surface area contributed by atoms with Gasteiger partial charge < -0.3 is 9.84 Å². The van der Waals surface area contributed by atoms with E-state index in [0.29, 0.717) is 12.0 Å². The highest BCUT2D eigenvalue weighted by Gasteiger charge is 2.58. The molecule has 0 spiro atoms. The van der Waals surface area contributed by atoms with E-state index in [-0.39, 0.29) is 23.0 Å². The Balaban J connectivity index is 1.55. The van der Waals surface area contributed by atoms with Crippen LogP contribution in [0.3, 0.4) is 0 Å². The molecule has 0 radical (unpaired) electrons. The van der Waals surface area contributed by atoms with Crippen LogP contribution in [0, 0.1) is 5.92 Å². The van der Waals surface area contributed by atoms with Crippen LogP contribution in [-0.2, 0) is 24.3 Å². The van der Waals surface area contributed by atoms with Crippen molar-refractivity contribution in [2.75, 3.05) is 5.75 Å². The van der Waals surface area contributed by atoms with Gasteiger partial charge >= 0.3 is 5.97 Å². The first-order valence-electron chi connectivity index (χ1n) is 10.2. The van der Waals surface area contributed by atoms with Gasteiger partial charge in [-0.1, -0.05) is 36.4 Å². The lowest BCUT2D eigenvalue weighted by molar-refractivity contribution is -0.448. The van der Waals surface area contributed by atoms with E-state index in [1.54, 1.807) is 74.5 Å². The minimum absolute atomic E-state index is 0.205. The number of hydrogen-bond acceptors (Lipinski definition) is 7. The highest BCUT2D eigenvalue weighted by atomic mass is 32.2. The summed E-state index contributed by atoms with van der Waals surface area (Å²) in [6, 6.07) is 16.7. The van der Waals surface area contributed by atoms with Crippen LogP contribution in [0.1, 0.15) is 37.0 Å². The molecule has 7 nitrogen and oxygen atoms in total. The average Bonchev–Trinajstić information content (AvgIpc) is 2.74. The molecule has 2 aliphatic rings. The van der Waals surface area contributed by atoms with E-state index in [4.69, 9.17) is 14.5 Å². The minimum atomic E-state index is -3.64. The van der Waals surface area contributed by atoms with Crippen molar-refractivity contribution in [3.8, 4) is 0 Å². The van der Waals surface area contributed by atoms with E-state index in [1.165, 1.54) is 0 Å². The zero-order valence-electron chi connectivity index (χ0n) is 17.4. The molecule has 1 heterocycles. The average molecular weight is 447 g/mol. The molecule has 1 aliphatic carbocycles. The summed E-state index contributed by atoms with van der Waals surface area (Å²) in [6.45, 7) is 3.23. The number of rotatable bonds is 5. The van der Waals surface area contributed by atoms with E-state index in [0.717, 1.165) is 0 Å². The molecule has 2 bridgehead atoms. The first-order valence-corrected chi connectivity index (χ1v) is 11.9. The van der Waals surface area contributed by atoms with Crippen LogP contribution >= 0.6 is 0 Å². The van der Waals surface area contributed by atoms with Gasteiger partial charge in [-0.3, -0.25) is 0 Å². The summed E-state index contributed by atoms with van der Waals surface area (Å²) in [5.41, 5.74) is -2.25. The Bertz CT molecular complexity index is 1040. The molecule has 2 fully saturated rings. The smallest absolute Gasteiger partial charge is 0.338 e. The van der Waals surface area contributed by atoms with E-state index in [1.807, 2.05) is 0 Å². The van der Waals surface area contributed by atoms with Gasteiger partial charge in [-0.15, -0.1) is 0 Å². The predicted molar refractivity (Wildman–Crippen MR) is 112 cm³/mol. The third-order valence-electron chi connectivity index (χ3n) is 6.36. The Labute approximate surface area is 181 Å². The SMILES string of the molecule is CC1(O)C2CC(CC1OC(=O)c1ccccc1)[C@@](C)(CS(=O)(=O)c1ccccc1)OO2. The monoisotopic (exact) mass is 446 g/mol. The molecule has 1 saturated carbocycles. The predicted octanol–water partition coefficient (Wildman–Crippen LogP) is 2.94. The molecule has 0 aromatic heterocycles. The normalized spacial score (nSPS) is 32.9.